The second-order valence-corrected chi connectivity index (χ2v) is 14.2. The van der Waals surface area contributed by atoms with Crippen molar-refractivity contribution in [3.05, 3.63) is 83.9 Å². The van der Waals surface area contributed by atoms with E-state index in [0.717, 1.165) is 70.6 Å². The van der Waals surface area contributed by atoms with Gasteiger partial charge in [-0.1, -0.05) is 26.7 Å². The van der Waals surface area contributed by atoms with Crippen LogP contribution in [0.1, 0.15) is 105 Å². The number of benzene rings is 3. The Balaban J connectivity index is 0.932. The minimum absolute atomic E-state index is 0.188. The summed E-state index contributed by atoms with van der Waals surface area (Å²) >= 11 is 0. The molecule has 3 aromatic rings. The highest BCUT2D eigenvalue weighted by atomic mass is 16.7. The summed E-state index contributed by atoms with van der Waals surface area (Å²) in [6.45, 7) is 5.45. The molecule has 2 aliphatic carbocycles. The van der Waals surface area contributed by atoms with Gasteiger partial charge in [-0.3, -0.25) is 0 Å². The van der Waals surface area contributed by atoms with Crippen LogP contribution in [-0.4, -0.2) is 61.2 Å². The molecule has 1 heterocycles. The molecule has 0 radical (unpaired) electrons. The van der Waals surface area contributed by atoms with Gasteiger partial charge >= 0.3 is 11.9 Å². The second-order valence-electron chi connectivity index (χ2n) is 14.2. The van der Waals surface area contributed by atoms with Gasteiger partial charge in [0.1, 0.15) is 23.0 Å². The van der Waals surface area contributed by atoms with Crippen molar-refractivity contribution >= 4 is 11.9 Å². The lowest BCUT2D eigenvalue weighted by Crippen LogP contribution is -2.27. The van der Waals surface area contributed by atoms with E-state index in [2.05, 4.69) is 13.8 Å². The zero-order valence-corrected chi connectivity index (χ0v) is 30.3. The molecule has 280 valence electrons. The first-order valence-corrected chi connectivity index (χ1v) is 19.0. The number of carbonyl (C=O) groups is 2. The molecule has 0 aromatic heterocycles. The summed E-state index contributed by atoms with van der Waals surface area (Å²) in [7, 11) is 0. The number of ether oxygens (including phenoxy) is 7. The van der Waals surface area contributed by atoms with E-state index in [1.807, 2.05) is 0 Å². The van der Waals surface area contributed by atoms with Crippen molar-refractivity contribution in [2.75, 3.05) is 13.2 Å². The van der Waals surface area contributed by atoms with Gasteiger partial charge in [-0.2, -0.15) is 0 Å². The van der Waals surface area contributed by atoms with Crippen LogP contribution in [-0.2, 0) is 14.2 Å². The number of hydrogen-bond acceptors (Lipinski definition) is 10. The van der Waals surface area contributed by atoms with Crippen LogP contribution in [0.2, 0.25) is 0 Å². The zero-order valence-electron chi connectivity index (χ0n) is 30.3. The van der Waals surface area contributed by atoms with Gasteiger partial charge < -0.3 is 38.3 Å². The monoisotopic (exact) mass is 716 g/mol. The maximum atomic E-state index is 12.8. The Bertz CT molecular complexity index is 1550. The molecule has 10 heteroatoms. The molecule has 2 saturated carbocycles. The van der Waals surface area contributed by atoms with Crippen LogP contribution in [0.25, 0.3) is 0 Å². The third-order valence-electron chi connectivity index (χ3n) is 9.97. The van der Waals surface area contributed by atoms with Crippen molar-refractivity contribution < 1.29 is 47.9 Å². The van der Waals surface area contributed by atoms with Crippen LogP contribution >= 0.6 is 0 Å². The molecule has 5 atom stereocenters. The average molecular weight is 717 g/mol. The summed E-state index contributed by atoms with van der Waals surface area (Å²) in [6, 6.07) is 19.9. The lowest BCUT2D eigenvalue weighted by Gasteiger charge is -2.27. The molecule has 10 nitrogen and oxygen atoms in total. The van der Waals surface area contributed by atoms with E-state index >= 15 is 0 Å². The molecule has 3 aromatic carbocycles. The number of hydrogen-bond donors (Lipinski definition) is 1. The summed E-state index contributed by atoms with van der Waals surface area (Å²) in [5.41, 5.74) is 0.745. The third kappa shape index (κ3) is 11.3. The molecule has 0 bridgehead atoms. The van der Waals surface area contributed by atoms with Crippen LogP contribution < -0.4 is 18.9 Å². The number of rotatable bonds is 18. The number of epoxide rings is 1. The first-order chi connectivity index (χ1) is 25.3. The Morgan fingerprint density at radius 1 is 0.615 bits per heavy atom. The normalized spacial score (nSPS) is 23.5. The Kier molecular flexibility index (Phi) is 13.6. The minimum atomic E-state index is -0.522. The van der Waals surface area contributed by atoms with E-state index in [1.165, 1.54) is 0 Å². The van der Waals surface area contributed by atoms with E-state index in [1.54, 1.807) is 72.8 Å². The fourth-order valence-corrected chi connectivity index (χ4v) is 6.81. The van der Waals surface area contributed by atoms with Crippen LogP contribution in [0.4, 0.5) is 0 Å². The van der Waals surface area contributed by atoms with Crippen molar-refractivity contribution in [2.45, 2.75) is 115 Å². The number of aliphatic hydroxyl groups is 1. The maximum Gasteiger partial charge on any atom is 0.343 e. The summed E-state index contributed by atoms with van der Waals surface area (Å²) < 4.78 is 41.2. The van der Waals surface area contributed by atoms with Crippen LogP contribution in [0.15, 0.2) is 72.8 Å². The Labute approximate surface area is 306 Å². The van der Waals surface area contributed by atoms with Gasteiger partial charge in [0, 0.05) is 12.8 Å². The highest BCUT2D eigenvalue weighted by molar-refractivity contribution is 5.92. The second kappa shape index (κ2) is 18.7. The molecule has 0 spiro atoms. The molecule has 3 aliphatic rings. The fraction of sp³-hybridized carbons (Fsp3) is 0.524. The van der Waals surface area contributed by atoms with Gasteiger partial charge in [-0.05, 0) is 130 Å². The molecule has 3 fully saturated rings. The smallest absolute Gasteiger partial charge is 0.343 e. The Morgan fingerprint density at radius 3 is 1.52 bits per heavy atom. The van der Waals surface area contributed by atoms with Gasteiger partial charge in [0.05, 0.1) is 42.7 Å². The molecule has 5 unspecified atom stereocenters. The molecule has 52 heavy (non-hydrogen) atoms. The summed E-state index contributed by atoms with van der Waals surface area (Å²) in [5.74, 6) is 1.76. The lowest BCUT2D eigenvalue weighted by atomic mass is 9.88. The van der Waals surface area contributed by atoms with E-state index in [4.69, 9.17) is 33.2 Å². The summed E-state index contributed by atoms with van der Waals surface area (Å²) in [6.07, 6.45) is 10.2. The van der Waals surface area contributed by atoms with Gasteiger partial charge in [-0.15, -0.1) is 0 Å². The molecule has 1 N–H and O–H groups in total. The number of carbonyl (C=O) groups excluding carboxylic acids is 2. The zero-order chi connectivity index (χ0) is 36.3. The van der Waals surface area contributed by atoms with Crippen molar-refractivity contribution in [1.29, 1.82) is 0 Å². The van der Waals surface area contributed by atoms with Gasteiger partial charge in [0.25, 0.3) is 0 Å². The molecular weight excluding hydrogens is 664 g/mol. The van der Waals surface area contributed by atoms with E-state index in [9.17, 15) is 14.7 Å². The molecular formula is C42H52O10. The highest BCUT2D eigenvalue weighted by Gasteiger charge is 2.43. The summed E-state index contributed by atoms with van der Waals surface area (Å²) in [4.78, 5) is 25.7. The predicted octanol–water partition coefficient (Wildman–Crippen LogP) is 8.29. The first kappa shape index (κ1) is 37.8. The topological polar surface area (TPSA) is 122 Å². The standard InChI is InChI=1S/C42H52O10/c1-3-5-39(46-26-28-7-14-32(43)15-8-28)48-33-16-10-30(11-17-33)41(44)50-35-20-22-36(23-21-35)51-42(45)31-12-18-34(19-13-31)49-40(6-4-2)47-27-29-9-24-37-38(25-29)52-37/h10-13,16-23,28-29,32,37-40,43H,3-9,14-15,24-27H2,1-2H3. The molecule has 6 rings (SSSR count). The number of esters is 2. The summed E-state index contributed by atoms with van der Waals surface area (Å²) in [5, 5.41) is 9.75. The van der Waals surface area contributed by atoms with E-state index in [-0.39, 0.29) is 18.7 Å². The van der Waals surface area contributed by atoms with Crippen molar-refractivity contribution in [2.24, 2.45) is 11.8 Å². The van der Waals surface area contributed by atoms with Crippen molar-refractivity contribution in [3.63, 3.8) is 0 Å². The van der Waals surface area contributed by atoms with Gasteiger partial charge in [-0.25, -0.2) is 9.59 Å². The molecule has 0 amide bonds. The van der Waals surface area contributed by atoms with Gasteiger partial charge in [0.15, 0.2) is 12.6 Å². The van der Waals surface area contributed by atoms with E-state index < -0.39 is 11.9 Å². The lowest BCUT2D eigenvalue weighted by molar-refractivity contribution is -0.101. The quantitative estimate of drug-likeness (QED) is 0.0596. The van der Waals surface area contributed by atoms with E-state index in [0.29, 0.717) is 71.4 Å². The molecule has 1 aliphatic heterocycles. The fourth-order valence-electron chi connectivity index (χ4n) is 6.81. The average Bonchev–Trinajstić information content (AvgIpc) is 3.94. The Hall–Kier alpha value is -3.96. The highest BCUT2D eigenvalue weighted by Crippen LogP contribution is 2.39. The first-order valence-electron chi connectivity index (χ1n) is 19.0. The van der Waals surface area contributed by atoms with Gasteiger partial charge in [0.2, 0.25) is 0 Å². The third-order valence-corrected chi connectivity index (χ3v) is 9.97. The van der Waals surface area contributed by atoms with Crippen molar-refractivity contribution in [3.8, 4) is 23.0 Å². The number of fused-ring (bicyclic) bond motifs is 1. The maximum absolute atomic E-state index is 12.8. The Morgan fingerprint density at radius 2 is 1.06 bits per heavy atom. The van der Waals surface area contributed by atoms with Crippen LogP contribution in [0.5, 0.6) is 23.0 Å². The van der Waals surface area contributed by atoms with Crippen LogP contribution in [0.3, 0.4) is 0 Å². The minimum Gasteiger partial charge on any atom is -0.465 e. The number of aliphatic hydroxyl groups excluding tert-OH is 1. The van der Waals surface area contributed by atoms with Crippen molar-refractivity contribution in [1.82, 2.24) is 0 Å². The largest absolute Gasteiger partial charge is 0.465 e. The van der Waals surface area contributed by atoms with Crippen LogP contribution in [0, 0.1) is 11.8 Å². The predicted molar refractivity (Wildman–Crippen MR) is 194 cm³/mol. The molecule has 1 saturated heterocycles. The SMILES string of the molecule is CCCC(OCC1CCC(O)CC1)Oc1ccc(C(=O)Oc2ccc(OC(=O)c3ccc(OC(CCC)OCC4CCC5OC5C4)cc3)cc2)cc1.